The number of carbonyl (C=O) groups excluding carboxylic acids is 1. The van der Waals surface area contributed by atoms with Gasteiger partial charge in [0, 0.05) is 56.0 Å². The lowest BCUT2D eigenvalue weighted by molar-refractivity contribution is -0.123. The number of nitrogens with one attached hydrogen (secondary N) is 3. The highest BCUT2D eigenvalue weighted by atomic mass is 16.5. The maximum Gasteiger partial charge on any atom is 0.224 e. The molecular weight excluding hydrogens is 440 g/mol. The number of anilines is 3. The lowest BCUT2D eigenvalue weighted by Gasteiger charge is -2.34. The zero-order valence-corrected chi connectivity index (χ0v) is 21.0. The highest BCUT2D eigenvalue weighted by Gasteiger charge is 2.31. The number of Topliss-reactive ketones (excluding diaryl/α,β-unsaturated/α-hetero) is 1. The second kappa shape index (κ2) is 11.1. The number of hydrogen-bond donors (Lipinski definition) is 3. The summed E-state index contributed by atoms with van der Waals surface area (Å²) in [4.78, 5) is 21.8. The van der Waals surface area contributed by atoms with Gasteiger partial charge in [-0.05, 0) is 68.8 Å². The van der Waals surface area contributed by atoms with Crippen LogP contribution in [-0.4, -0.2) is 45.2 Å². The normalized spacial score (nSPS) is 24.8. The molecule has 5 rings (SSSR count). The van der Waals surface area contributed by atoms with Crippen molar-refractivity contribution in [2.75, 3.05) is 23.8 Å². The van der Waals surface area contributed by atoms with Gasteiger partial charge in [0.2, 0.25) is 5.95 Å². The average molecular weight is 481 g/mol. The second-order valence-electron chi connectivity index (χ2n) is 11.3. The number of H-pyrrole nitrogens is 1. The van der Waals surface area contributed by atoms with Gasteiger partial charge in [-0.2, -0.15) is 10.1 Å². The van der Waals surface area contributed by atoms with Gasteiger partial charge >= 0.3 is 0 Å². The summed E-state index contributed by atoms with van der Waals surface area (Å²) in [5, 5.41) is 14.4. The molecule has 2 aromatic rings. The predicted octanol–water partition coefficient (Wildman–Crippen LogP) is 5.74. The van der Waals surface area contributed by atoms with Crippen LogP contribution >= 0.6 is 0 Å². The minimum atomic E-state index is 0.137. The number of nitrogens with zero attached hydrogens (tertiary/aromatic N) is 3. The van der Waals surface area contributed by atoms with Crippen LogP contribution in [0.25, 0.3) is 0 Å². The van der Waals surface area contributed by atoms with E-state index in [9.17, 15) is 4.79 Å². The Bertz CT molecular complexity index is 972. The van der Waals surface area contributed by atoms with E-state index in [1.807, 2.05) is 6.07 Å². The Morgan fingerprint density at radius 1 is 1.11 bits per heavy atom. The van der Waals surface area contributed by atoms with E-state index in [-0.39, 0.29) is 5.41 Å². The Morgan fingerprint density at radius 2 is 1.89 bits per heavy atom. The topological polar surface area (TPSA) is 105 Å². The summed E-state index contributed by atoms with van der Waals surface area (Å²) in [6.45, 7) is 3.84. The molecule has 3 fully saturated rings. The Labute approximate surface area is 208 Å². The molecule has 0 atom stereocenters. The number of ether oxygens (including phenoxy) is 1. The third-order valence-electron chi connectivity index (χ3n) is 8.32. The third kappa shape index (κ3) is 6.60. The van der Waals surface area contributed by atoms with Crippen molar-refractivity contribution in [1.29, 1.82) is 0 Å². The Kier molecular flexibility index (Phi) is 7.66. The molecule has 1 saturated heterocycles. The summed E-state index contributed by atoms with van der Waals surface area (Å²) in [5.74, 6) is 3.74. The van der Waals surface area contributed by atoms with Crippen LogP contribution in [0.5, 0.6) is 0 Å². The molecule has 2 aromatic heterocycles. The molecule has 190 valence electrons. The van der Waals surface area contributed by atoms with E-state index < -0.39 is 0 Å². The molecule has 3 heterocycles. The third-order valence-corrected chi connectivity index (χ3v) is 8.32. The zero-order chi connectivity index (χ0) is 24.1. The molecule has 3 aliphatic rings. The lowest BCUT2D eigenvalue weighted by Crippen LogP contribution is -2.31. The van der Waals surface area contributed by atoms with Crippen LogP contribution in [0.15, 0.2) is 18.3 Å². The van der Waals surface area contributed by atoms with E-state index in [4.69, 9.17) is 4.74 Å². The molecule has 8 heteroatoms. The molecule has 3 N–H and O–H groups in total. The van der Waals surface area contributed by atoms with Gasteiger partial charge in [0.05, 0.1) is 0 Å². The maximum absolute atomic E-state index is 12.7. The van der Waals surface area contributed by atoms with Crippen molar-refractivity contribution in [3.63, 3.8) is 0 Å². The van der Waals surface area contributed by atoms with Crippen LogP contribution in [0.4, 0.5) is 17.6 Å². The smallest absolute Gasteiger partial charge is 0.224 e. The minimum absolute atomic E-state index is 0.137. The SMILES string of the molecule is CC1(CC(=O)CC2CCC(Nc3nccc(Nc4cc(C5CCCC5)[nH]n4)n3)CC2)CCOCC1. The highest BCUT2D eigenvalue weighted by Crippen LogP contribution is 2.36. The van der Waals surface area contributed by atoms with E-state index in [1.165, 1.54) is 31.4 Å². The fraction of sp³-hybridized carbons (Fsp3) is 0.704. The first-order valence-electron chi connectivity index (χ1n) is 13.6. The van der Waals surface area contributed by atoms with E-state index in [1.54, 1.807) is 6.20 Å². The molecule has 0 amide bonds. The van der Waals surface area contributed by atoms with Crippen molar-refractivity contribution in [2.24, 2.45) is 11.3 Å². The second-order valence-corrected chi connectivity index (χ2v) is 11.3. The quantitative estimate of drug-likeness (QED) is 0.420. The summed E-state index contributed by atoms with van der Waals surface area (Å²) in [7, 11) is 0. The van der Waals surface area contributed by atoms with Crippen LogP contribution in [0.3, 0.4) is 0 Å². The first-order valence-corrected chi connectivity index (χ1v) is 13.6. The van der Waals surface area contributed by atoms with Gasteiger partial charge in [-0.25, -0.2) is 4.98 Å². The van der Waals surface area contributed by atoms with Gasteiger partial charge in [-0.15, -0.1) is 0 Å². The molecule has 0 unspecified atom stereocenters. The lowest BCUT2D eigenvalue weighted by atomic mass is 9.75. The van der Waals surface area contributed by atoms with Crippen LogP contribution in [-0.2, 0) is 9.53 Å². The monoisotopic (exact) mass is 480 g/mol. The number of rotatable bonds is 9. The standard InChI is InChI=1S/C27H40N6O2/c1-27(11-14-35-15-12-27)18-22(34)16-19-6-8-21(9-7-19)29-26-28-13-10-24(31-26)30-25-17-23(32-33-25)20-4-2-3-5-20/h10,13,17,19-21H,2-9,11-12,14-16,18H2,1H3,(H3,28,29,30,31,32,33). The maximum atomic E-state index is 12.7. The van der Waals surface area contributed by atoms with Crippen molar-refractivity contribution >= 4 is 23.4 Å². The highest BCUT2D eigenvalue weighted by molar-refractivity contribution is 5.79. The molecule has 2 aliphatic carbocycles. The van der Waals surface area contributed by atoms with Gasteiger partial charge in [0.1, 0.15) is 11.6 Å². The number of aromatic amines is 1. The molecular formula is C27H40N6O2. The Balaban J connectivity index is 1.07. The number of hydrogen-bond acceptors (Lipinski definition) is 7. The zero-order valence-electron chi connectivity index (χ0n) is 21.0. The summed E-state index contributed by atoms with van der Waals surface area (Å²) in [6, 6.07) is 4.33. The van der Waals surface area contributed by atoms with Gasteiger partial charge < -0.3 is 15.4 Å². The minimum Gasteiger partial charge on any atom is -0.381 e. The van der Waals surface area contributed by atoms with Gasteiger partial charge in [-0.3, -0.25) is 9.89 Å². The first kappa shape index (κ1) is 24.2. The molecule has 8 nitrogen and oxygen atoms in total. The average Bonchev–Trinajstić information content (AvgIpc) is 3.53. The van der Waals surface area contributed by atoms with E-state index in [2.05, 4.69) is 43.8 Å². The van der Waals surface area contributed by atoms with Gasteiger partial charge in [-0.1, -0.05) is 19.8 Å². The van der Waals surface area contributed by atoms with Crippen molar-refractivity contribution in [3.05, 3.63) is 24.0 Å². The van der Waals surface area contributed by atoms with E-state index in [0.29, 0.717) is 36.0 Å². The fourth-order valence-electron chi connectivity index (χ4n) is 6.08. The van der Waals surface area contributed by atoms with E-state index in [0.717, 1.165) is 69.8 Å². The molecule has 1 aliphatic heterocycles. The summed E-state index contributed by atoms with van der Waals surface area (Å²) in [5.41, 5.74) is 1.35. The molecule has 2 saturated carbocycles. The van der Waals surface area contributed by atoms with Crippen molar-refractivity contribution in [2.45, 2.75) is 95.9 Å². The van der Waals surface area contributed by atoms with Crippen molar-refractivity contribution in [3.8, 4) is 0 Å². The van der Waals surface area contributed by atoms with Crippen LogP contribution in [0.2, 0.25) is 0 Å². The van der Waals surface area contributed by atoms with Crippen molar-refractivity contribution < 1.29 is 9.53 Å². The van der Waals surface area contributed by atoms with Crippen LogP contribution in [0, 0.1) is 11.3 Å². The van der Waals surface area contributed by atoms with Crippen LogP contribution in [0.1, 0.15) is 95.6 Å². The number of carbonyl (C=O) groups is 1. The predicted molar refractivity (Wildman–Crippen MR) is 137 cm³/mol. The number of ketones is 1. The van der Waals surface area contributed by atoms with E-state index >= 15 is 0 Å². The first-order chi connectivity index (χ1) is 17.0. The fourth-order valence-corrected chi connectivity index (χ4v) is 6.08. The van der Waals surface area contributed by atoms with Gasteiger partial charge in [0.15, 0.2) is 5.82 Å². The summed E-state index contributed by atoms with van der Waals surface area (Å²) in [6.07, 6.45) is 14.6. The summed E-state index contributed by atoms with van der Waals surface area (Å²) >= 11 is 0. The molecule has 0 radical (unpaired) electrons. The number of aromatic nitrogens is 4. The Hall–Kier alpha value is -2.48. The molecule has 0 bridgehead atoms. The summed E-state index contributed by atoms with van der Waals surface area (Å²) < 4.78 is 5.48. The molecule has 0 aromatic carbocycles. The van der Waals surface area contributed by atoms with Gasteiger partial charge in [0.25, 0.3) is 0 Å². The molecule has 0 spiro atoms. The van der Waals surface area contributed by atoms with Crippen molar-refractivity contribution in [1.82, 2.24) is 20.2 Å². The van der Waals surface area contributed by atoms with Crippen LogP contribution < -0.4 is 10.6 Å². The molecule has 35 heavy (non-hydrogen) atoms. The largest absolute Gasteiger partial charge is 0.381 e. The Morgan fingerprint density at radius 3 is 2.66 bits per heavy atom.